The number of amides is 1. The van der Waals surface area contributed by atoms with Gasteiger partial charge in [-0.25, -0.2) is 9.78 Å². The van der Waals surface area contributed by atoms with E-state index in [1.807, 2.05) is 0 Å². The van der Waals surface area contributed by atoms with Crippen molar-refractivity contribution in [2.45, 2.75) is 20.3 Å². The zero-order valence-electron chi connectivity index (χ0n) is 11.9. The second-order valence-corrected chi connectivity index (χ2v) is 4.37. The van der Waals surface area contributed by atoms with E-state index >= 15 is 0 Å². The van der Waals surface area contributed by atoms with Crippen LogP contribution in [0.3, 0.4) is 0 Å². The van der Waals surface area contributed by atoms with Crippen LogP contribution < -0.4 is 5.32 Å². The third-order valence-corrected chi connectivity index (χ3v) is 3.08. The minimum absolute atomic E-state index is 0.0666. The summed E-state index contributed by atoms with van der Waals surface area (Å²) in [7, 11) is 0. The lowest BCUT2D eigenvalue weighted by Gasteiger charge is -2.17. The van der Waals surface area contributed by atoms with Gasteiger partial charge in [-0.05, 0) is 38.2 Å². The fourth-order valence-corrected chi connectivity index (χ4v) is 1.80. The van der Waals surface area contributed by atoms with Gasteiger partial charge in [0, 0.05) is 12.7 Å². The highest BCUT2D eigenvalue weighted by Gasteiger charge is 2.08. The molecule has 1 heterocycles. The Balaban J connectivity index is 2.37. The highest BCUT2D eigenvalue weighted by atomic mass is 16.4. The fourth-order valence-electron chi connectivity index (χ4n) is 1.80. The van der Waals surface area contributed by atoms with E-state index in [2.05, 4.69) is 29.0 Å². The summed E-state index contributed by atoms with van der Waals surface area (Å²) in [6, 6.07) is 2.79. The molecule has 0 radical (unpaired) electrons. The zero-order chi connectivity index (χ0) is 15.0. The second kappa shape index (κ2) is 8.27. The number of carboxylic acids is 1. The average molecular weight is 279 g/mol. The van der Waals surface area contributed by atoms with Crippen LogP contribution in [0.5, 0.6) is 0 Å². The Hall–Kier alpha value is -1.95. The highest BCUT2D eigenvalue weighted by molar-refractivity contribution is 5.94. The summed E-state index contributed by atoms with van der Waals surface area (Å²) in [5.41, 5.74) is 0.306. The van der Waals surface area contributed by atoms with Crippen molar-refractivity contribution in [3.8, 4) is 0 Å². The summed E-state index contributed by atoms with van der Waals surface area (Å²) in [5, 5.41) is 11.5. The summed E-state index contributed by atoms with van der Waals surface area (Å²) < 4.78 is 0. The number of hydrogen-bond donors (Lipinski definition) is 2. The van der Waals surface area contributed by atoms with E-state index in [0.717, 1.165) is 26.1 Å². The molecular formula is C14H21N3O3. The minimum Gasteiger partial charge on any atom is -0.477 e. The first-order valence-electron chi connectivity index (χ1n) is 6.78. The van der Waals surface area contributed by atoms with Crippen LogP contribution >= 0.6 is 0 Å². The molecule has 0 saturated heterocycles. The van der Waals surface area contributed by atoms with E-state index in [1.54, 1.807) is 0 Å². The predicted octanol–water partition coefficient (Wildman–Crippen LogP) is 1.24. The van der Waals surface area contributed by atoms with Gasteiger partial charge >= 0.3 is 5.97 Å². The molecule has 0 aliphatic carbocycles. The number of aromatic nitrogens is 1. The Morgan fingerprint density at radius 1 is 1.30 bits per heavy atom. The Kier molecular flexibility index (Phi) is 6.66. The maximum Gasteiger partial charge on any atom is 0.354 e. The summed E-state index contributed by atoms with van der Waals surface area (Å²) >= 11 is 0. The van der Waals surface area contributed by atoms with Crippen molar-refractivity contribution < 1.29 is 14.7 Å². The van der Waals surface area contributed by atoms with Crippen molar-refractivity contribution in [1.82, 2.24) is 15.2 Å². The molecule has 0 bridgehead atoms. The number of pyridine rings is 1. The van der Waals surface area contributed by atoms with Gasteiger partial charge in [-0.15, -0.1) is 0 Å². The van der Waals surface area contributed by atoms with E-state index in [4.69, 9.17) is 5.11 Å². The first-order valence-corrected chi connectivity index (χ1v) is 6.78. The van der Waals surface area contributed by atoms with Crippen molar-refractivity contribution in [3.05, 3.63) is 29.6 Å². The van der Waals surface area contributed by atoms with Crippen molar-refractivity contribution in [3.63, 3.8) is 0 Å². The maximum absolute atomic E-state index is 11.8. The number of aromatic carboxylic acids is 1. The molecule has 6 nitrogen and oxygen atoms in total. The van der Waals surface area contributed by atoms with Gasteiger partial charge in [0.2, 0.25) is 0 Å². The summed E-state index contributed by atoms with van der Waals surface area (Å²) in [6.07, 6.45) is 2.16. The molecule has 0 aliphatic heterocycles. The van der Waals surface area contributed by atoms with Crippen LogP contribution in [0.4, 0.5) is 0 Å². The Labute approximate surface area is 118 Å². The molecule has 6 heteroatoms. The number of carboxylic acid groups (broad SMARTS) is 1. The Morgan fingerprint density at radius 3 is 2.50 bits per heavy atom. The molecule has 0 aromatic carbocycles. The molecular weight excluding hydrogens is 258 g/mol. The minimum atomic E-state index is -1.10. The predicted molar refractivity (Wildman–Crippen MR) is 75.9 cm³/mol. The normalized spacial score (nSPS) is 10.6. The van der Waals surface area contributed by atoms with Gasteiger partial charge in [0.1, 0.15) is 5.69 Å². The summed E-state index contributed by atoms with van der Waals surface area (Å²) in [6.45, 7) is 7.77. The zero-order valence-corrected chi connectivity index (χ0v) is 11.9. The number of carbonyl (C=O) groups excluding carboxylic acids is 1. The molecule has 1 aromatic rings. The smallest absolute Gasteiger partial charge is 0.354 e. The van der Waals surface area contributed by atoms with E-state index in [9.17, 15) is 9.59 Å². The van der Waals surface area contributed by atoms with Crippen LogP contribution in [0.15, 0.2) is 18.3 Å². The van der Waals surface area contributed by atoms with Crippen LogP contribution in [-0.4, -0.2) is 53.0 Å². The fraction of sp³-hybridized carbons (Fsp3) is 0.500. The second-order valence-electron chi connectivity index (χ2n) is 4.37. The van der Waals surface area contributed by atoms with E-state index in [-0.39, 0.29) is 11.6 Å². The van der Waals surface area contributed by atoms with Crippen LogP contribution in [0.1, 0.15) is 41.1 Å². The highest BCUT2D eigenvalue weighted by Crippen LogP contribution is 2.00. The van der Waals surface area contributed by atoms with Crippen molar-refractivity contribution in [1.29, 1.82) is 0 Å². The standard InChI is InChI=1S/C14H21N3O3/c1-3-17(4-2)9-5-8-15-13(18)11-6-7-12(14(19)20)16-10-11/h6-7,10H,3-5,8-9H2,1-2H3,(H,15,18)(H,19,20). The Bertz CT molecular complexity index is 441. The molecule has 1 aromatic heterocycles. The lowest BCUT2D eigenvalue weighted by atomic mass is 10.2. The maximum atomic E-state index is 11.8. The lowest BCUT2D eigenvalue weighted by molar-refractivity contribution is 0.0689. The lowest BCUT2D eigenvalue weighted by Crippen LogP contribution is -2.30. The van der Waals surface area contributed by atoms with E-state index in [1.165, 1.54) is 18.3 Å². The first kappa shape index (κ1) is 16.1. The van der Waals surface area contributed by atoms with Crippen LogP contribution in [-0.2, 0) is 0 Å². The van der Waals surface area contributed by atoms with Gasteiger partial charge in [-0.1, -0.05) is 13.8 Å². The molecule has 2 N–H and O–H groups in total. The van der Waals surface area contributed by atoms with E-state index in [0.29, 0.717) is 12.1 Å². The van der Waals surface area contributed by atoms with Gasteiger partial charge in [-0.2, -0.15) is 0 Å². The number of nitrogens with zero attached hydrogens (tertiary/aromatic N) is 2. The van der Waals surface area contributed by atoms with E-state index < -0.39 is 5.97 Å². The van der Waals surface area contributed by atoms with Crippen molar-refractivity contribution in [2.75, 3.05) is 26.2 Å². The van der Waals surface area contributed by atoms with Gasteiger partial charge in [0.05, 0.1) is 5.56 Å². The molecule has 1 rings (SSSR count). The molecule has 1 amide bonds. The van der Waals surface area contributed by atoms with Gasteiger partial charge < -0.3 is 15.3 Å². The van der Waals surface area contributed by atoms with Crippen LogP contribution in [0.2, 0.25) is 0 Å². The van der Waals surface area contributed by atoms with Gasteiger partial charge in [-0.3, -0.25) is 4.79 Å². The molecule has 0 fully saturated rings. The molecule has 0 unspecified atom stereocenters. The van der Waals surface area contributed by atoms with Gasteiger partial charge in [0.15, 0.2) is 0 Å². The Morgan fingerprint density at radius 2 is 2.00 bits per heavy atom. The molecule has 20 heavy (non-hydrogen) atoms. The SMILES string of the molecule is CCN(CC)CCCNC(=O)c1ccc(C(=O)O)nc1. The first-order chi connectivity index (χ1) is 9.58. The summed E-state index contributed by atoms with van der Waals surface area (Å²) in [4.78, 5) is 28.4. The molecule has 0 saturated carbocycles. The van der Waals surface area contributed by atoms with Crippen molar-refractivity contribution in [2.24, 2.45) is 0 Å². The number of nitrogens with one attached hydrogen (secondary N) is 1. The molecule has 0 aliphatic rings. The molecule has 0 atom stereocenters. The largest absolute Gasteiger partial charge is 0.477 e. The number of rotatable bonds is 8. The quantitative estimate of drug-likeness (QED) is 0.700. The monoisotopic (exact) mass is 279 g/mol. The van der Waals surface area contributed by atoms with Gasteiger partial charge in [0.25, 0.3) is 5.91 Å². The third-order valence-electron chi connectivity index (χ3n) is 3.08. The molecule has 110 valence electrons. The van der Waals surface area contributed by atoms with Crippen LogP contribution in [0.25, 0.3) is 0 Å². The average Bonchev–Trinajstić information content (AvgIpc) is 2.47. The number of hydrogen-bond acceptors (Lipinski definition) is 4. The number of carbonyl (C=O) groups is 2. The molecule has 0 spiro atoms. The topological polar surface area (TPSA) is 82.5 Å². The third kappa shape index (κ3) is 4.97. The summed E-state index contributed by atoms with van der Waals surface area (Å²) in [5.74, 6) is -1.33. The van der Waals surface area contributed by atoms with Crippen molar-refractivity contribution >= 4 is 11.9 Å². The van der Waals surface area contributed by atoms with Crippen LogP contribution in [0, 0.1) is 0 Å².